The summed E-state index contributed by atoms with van der Waals surface area (Å²) in [5.74, 6) is -0.749. The lowest BCUT2D eigenvalue weighted by molar-refractivity contribution is -0.136. The SMILES string of the molecule is O=C(O)CCc1cccc(-c2ccsc2)c1. The van der Waals surface area contributed by atoms with Crippen molar-refractivity contribution < 1.29 is 9.90 Å². The Morgan fingerprint density at radius 3 is 2.81 bits per heavy atom. The summed E-state index contributed by atoms with van der Waals surface area (Å²) in [6.45, 7) is 0. The first-order chi connectivity index (χ1) is 7.75. The Labute approximate surface area is 98.2 Å². The molecule has 1 aromatic heterocycles. The van der Waals surface area contributed by atoms with Crippen LogP contribution in [0, 0.1) is 0 Å². The van der Waals surface area contributed by atoms with Crippen molar-refractivity contribution in [1.82, 2.24) is 0 Å². The average Bonchev–Trinajstić information content (AvgIpc) is 2.80. The molecule has 0 aliphatic rings. The predicted molar refractivity (Wildman–Crippen MR) is 65.7 cm³/mol. The summed E-state index contributed by atoms with van der Waals surface area (Å²) in [6, 6.07) is 10.1. The normalized spacial score (nSPS) is 10.2. The van der Waals surface area contributed by atoms with Crippen molar-refractivity contribution in [3.8, 4) is 11.1 Å². The number of carbonyl (C=O) groups is 1. The van der Waals surface area contributed by atoms with Crippen LogP contribution in [0.25, 0.3) is 11.1 Å². The fraction of sp³-hybridized carbons (Fsp3) is 0.154. The predicted octanol–water partition coefficient (Wildman–Crippen LogP) is 3.43. The van der Waals surface area contributed by atoms with E-state index in [0.29, 0.717) is 6.42 Å². The van der Waals surface area contributed by atoms with Gasteiger partial charge in [-0.25, -0.2) is 0 Å². The third-order valence-electron chi connectivity index (χ3n) is 2.41. The molecule has 0 radical (unpaired) electrons. The molecule has 0 bridgehead atoms. The molecule has 0 saturated carbocycles. The molecule has 0 amide bonds. The third kappa shape index (κ3) is 2.70. The van der Waals surface area contributed by atoms with Gasteiger partial charge in [-0.05, 0) is 39.9 Å². The Balaban J connectivity index is 2.17. The maximum Gasteiger partial charge on any atom is 0.303 e. The van der Waals surface area contributed by atoms with E-state index in [1.165, 1.54) is 5.56 Å². The molecule has 82 valence electrons. The van der Waals surface area contributed by atoms with E-state index in [0.717, 1.165) is 11.1 Å². The largest absolute Gasteiger partial charge is 0.481 e. The minimum atomic E-state index is -0.749. The minimum Gasteiger partial charge on any atom is -0.481 e. The number of aliphatic carboxylic acids is 1. The molecule has 2 nitrogen and oxygen atoms in total. The van der Waals surface area contributed by atoms with E-state index in [1.807, 2.05) is 23.6 Å². The minimum absolute atomic E-state index is 0.188. The number of rotatable bonds is 4. The van der Waals surface area contributed by atoms with E-state index in [9.17, 15) is 4.79 Å². The number of aryl methyl sites for hydroxylation is 1. The Kier molecular flexibility index (Phi) is 3.37. The van der Waals surface area contributed by atoms with Crippen LogP contribution in [0.1, 0.15) is 12.0 Å². The first-order valence-corrected chi connectivity index (χ1v) is 6.03. The van der Waals surface area contributed by atoms with Crippen LogP contribution in [0.5, 0.6) is 0 Å². The van der Waals surface area contributed by atoms with Gasteiger partial charge < -0.3 is 5.11 Å². The fourth-order valence-corrected chi connectivity index (χ4v) is 2.25. The van der Waals surface area contributed by atoms with Crippen LogP contribution < -0.4 is 0 Å². The van der Waals surface area contributed by atoms with Crippen molar-refractivity contribution in [2.75, 3.05) is 0 Å². The van der Waals surface area contributed by atoms with Crippen LogP contribution in [0.2, 0.25) is 0 Å². The highest BCUT2D eigenvalue weighted by Gasteiger charge is 2.02. The molecule has 16 heavy (non-hydrogen) atoms. The molecular weight excluding hydrogens is 220 g/mol. The molecule has 0 aliphatic carbocycles. The van der Waals surface area contributed by atoms with Gasteiger partial charge in [0.05, 0.1) is 0 Å². The number of benzene rings is 1. The topological polar surface area (TPSA) is 37.3 Å². The van der Waals surface area contributed by atoms with E-state index < -0.39 is 5.97 Å². The highest BCUT2D eigenvalue weighted by Crippen LogP contribution is 2.23. The van der Waals surface area contributed by atoms with Crippen molar-refractivity contribution in [2.24, 2.45) is 0 Å². The molecule has 2 rings (SSSR count). The summed E-state index contributed by atoms with van der Waals surface area (Å²) in [4.78, 5) is 10.5. The van der Waals surface area contributed by atoms with E-state index in [2.05, 4.69) is 17.5 Å². The zero-order chi connectivity index (χ0) is 11.4. The van der Waals surface area contributed by atoms with Gasteiger partial charge in [0.25, 0.3) is 0 Å². The molecule has 1 heterocycles. The van der Waals surface area contributed by atoms with Gasteiger partial charge in [0.2, 0.25) is 0 Å². The lowest BCUT2D eigenvalue weighted by atomic mass is 10.0. The van der Waals surface area contributed by atoms with Gasteiger partial charge in [-0.3, -0.25) is 4.79 Å². The van der Waals surface area contributed by atoms with Crippen molar-refractivity contribution in [1.29, 1.82) is 0 Å². The number of hydrogen-bond acceptors (Lipinski definition) is 2. The van der Waals surface area contributed by atoms with Crippen LogP contribution in [-0.2, 0) is 11.2 Å². The first-order valence-electron chi connectivity index (χ1n) is 5.09. The van der Waals surface area contributed by atoms with Gasteiger partial charge in [0.15, 0.2) is 0 Å². The van der Waals surface area contributed by atoms with Gasteiger partial charge in [-0.15, -0.1) is 0 Å². The van der Waals surface area contributed by atoms with Crippen LogP contribution in [0.4, 0.5) is 0 Å². The van der Waals surface area contributed by atoms with Crippen LogP contribution in [-0.4, -0.2) is 11.1 Å². The summed E-state index contributed by atoms with van der Waals surface area (Å²) >= 11 is 1.66. The Morgan fingerprint density at radius 2 is 2.12 bits per heavy atom. The van der Waals surface area contributed by atoms with Gasteiger partial charge in [0, 0.05) is 6.42 Å². The second-order valence-electron chi connectivity index (χ2n) is 3.61. The number of thiophene rings is 1. The smallest absolute Gasteiger partial charge is 0.303 e. The Morgan fingerprint density at radius 1 is 1.25 bits per heavy atom. The van der Waals surface area contributed by atoms with E-state index >= 15 is 0 Å². The average molecular weight is 232 g/mol. The zero-order valence-electron chi connectivity index (χ0n) is 8.72. The lowest BCUT2D eigenvalue weighted by Gasteiger charge is -2.02. The fourth-order valence-electron chi connectivity index (χ4n) is 1.59. The quantitative estimate of drug-likeness (QED) is 0.876. The van der Waals surface area contributed by atoms with Crippen LogP contribution in [0.3, 0.4) is 0 Å². The Bertz CT molecular complexity index is 474. The van der Waals surface area contributed by atoms with Gasteiger partial charge >= 0.3 is 5.97 Å². The van der Waals surface area contributed by atoms with Crippen molar-refractivity contribution in [2.45, 2.75) is 12.8 Å². The molecular formula is C13H12O2S. The monoisotopic (exact) mass is 232 g/mol. The molecule has 3 heteroatoms. The molecule has 0 unspecified atom stereocenters. The third-order valence-corrected chi connectivity index (χ3v) is 3.09. The van der Waals surface area contributed by atoms with Crippen LogP contribution in [0.15, 0.2) is 41.1 Å². The van der Waals surface area contributed by atoms with E-state index in [-0.39, 0.29) is 6.42 Å². The van der Waals surface area contributed by atoms with Gasteiger partial charge in [-0.1, -0.05) is 24.3 Å². The summed E-state index contributed by atoms with van der Waals surface area (Å²) in [6.07, 6.45) is 0.778. The molecule has 1 N–H and O–H groups in total. The maximum absolute atomic E-state index is 10.5. The van der Waals surface area contributed by atoms with Crippen molar-refractivity contribution in [3.63, 3.8) is 0 Å². The zero-order valence-corrected chi connectivity index (χ0v) is 9.54. The molecule has 1 aromatic carbocycles. The van der Waals surface area contributed by atoms with E-state index in [1.54, 1.807) is 11.3 Å². The van der Waals surface area contributed by atoms with E-state index in [4.69, 9.17) is 5.11 Å². The summed E-state index contributed by atoms with van der Waals surface area (Å²) in [7, 11) is 0. The molecule has 0 fully saturated rings. The number of carboxylic acids is 1. The molecule has 0 spiro atoms. The Hall–Kier alpha value is -1.61. The number of carboxylic acid groups (broad SMARTS) is 1. The van der Waals surface area contributed by atoms with Crippen LogP contribution >= 0.6 is 11.3 Å². The maximum atomic E-state index is 10.5. The molecule has 0 saturated heterocycles. The van der Waals surface area contributed by atoms with Crippen molar-refractivity contribution in [3.05, 3.63) is 46.7 Å². The number of hydrogen-bond donors (Lipinski definition) is 1. The standard InChI is InChI=1S/C13H12O2S/c14-13(15)5-4-10-2-1-3-11(8-10)12-6-7-16-9-12/h1-3,6-9H,4-5H2,(H,14,15). The summed E-state index contributed by atoms with van der Waals surface area (Å²) in [5.41, 5.74) is 3.43. The van der Waals surface area contributed by atoms with Crippen molar-refractivity contribution >= 4 is 17.3 Å². The highest BCUT2D eigenvalue weighted by molar-refractivity contribution is 7.08. The van der Waals surface area contributed by atoms with Gasteiger partial charge in [0.1, 0.15) is 0 Å². The molecule has 0 aliphatic heterocycles. The second kappa shape index (κ2) is 4.94. The summed E-state index contributed by atoms with van der Waals surface area (Å²) < 4.78 is 0. The molecule has 2 aromatic rings. The second-order valence-corrected chi connectivity index (χ2v) is 4.39. The lowest BCUT2D eigenvalue weighted by Crippen LogP contribution is -1.97. The first kappa shape index (κ1) is 10.9. The van der Waals surface area contributed by atoms with Gasteiger partial charge in [-0.2, -0.15) is 11.3 Å². The molecule has 0 atom stereocenters. The highest BCUT2D eigenvalue weighted by atomic mass is 32.1. The summed E-state index contributed by atoms with van der Waals surface area (Å²) in [5, 5.41) is 12.8.